The molecular formula is C10H17N. The van der Waals surface area contributed by atoms with Crippen molar-refractivity contribution in [3.8, 4) is 0 Å². The van der Waals surface area contributed by atoms with Crippen molar-refractivity contribution >= 4 is 0 Å². The second kappa shape index (κ2) is 7.13. The van der Waals surface area contributed by atoms with Crippen molar-refractivity contribution in [3.05, 3.63) is 36.6 Å². The summed E-state index contributed by atoms with van der Waals surface area (Å²) in [5, 5.41) is 3.19. The van der Waals surface area contributed by atoms with Crippen LogP contribution in [-0.2, 0) is 0 Å². The minimum absolute atomic E-state index is 0.996. The van der Waals surface area contributed by atoms with Crippen molar-refractivity contribution in [1.29, 1.82) is 0 Å². The van der Waals surface area contributed by atoms with E-state index in [1.807, 2.05) is 26.1 Å². The Labute approximate surface area is 69.5 Å². The number of hydrogen-bond acceptors (Lipinski definition) is 1. The van der Waals surface area contributed by atoms with Gasteiger partial charge in [0.2, 0.25) is 0 Å². The normalized spacial score (nSPS) is 12.0. The maximum absolute atomic E-state index is 3.65. The van der Waals surface area contributed by atoms with E-state index in [9.17, 15) is 0 Å². The summed E-state index contributed by atoms with van der Waals surface area (Å²) in [6.07, 6.45) is 9.10. The van der Waals surface area contributed by atoms with Gasteiger partial charge in [-0.25, -0.2) is 0 Å². The van der Waals surface area contributed by atoms with E-state index in [0.29, 0.717) is 0 Å². The molecule has 0 amide bonds. The van der Waals surface area contributed by atoms with E-state index in [2.05, 4.69) is 24.0 Å². The molecule has 1 heteroatoms. The van der Waals surface area contributed by atoms with Gasteiger partial charge in [-0.05, 0) is 32.0 Å². The van der Waals surface area contributed by atoms with E-state index in [1.165, 1.54) is 5.57 Å². The van der Waals surface area contributed by atoms with Gasteiger partial charge in [0.25, 0.3) is 0 Å². The van der Waals surface area contributed by atoms with Crippen molar-refractivity contribution in [2.45, 2.75) is 20.3 Å². The van der Waals surface area contributed by atoms with Gasteiger partial charge in [-0.1, -0.05) is 24.8 Å². The molecule has 0 aromatic carbocycles. The smallest absolute Gasteiger partial charge is 0.0176 e. The van der Waals surface area contributed by atoms with Crippen LogP contribution in [-0.4, -0.2) is 6.54 Å². The van der Waals surface area contributed by atoms with Crippen molar-refractivity contribution in [2.75, 3.05) is 6.54 Å². The van der Waals surface area contributed by atoms with Crippen LogP contribution in [0, 0.1) is 0 Å². The monoisotopic (exact) mass is 151 g/mol. The van der Waals surface area contributed by atoms with E-state index in [0.717, 1.165) is 13.0 Å². The summed E-state index contributed by atoms with van der Waals surface area (Å²) in [5.74, 6) is 0. The van der Waals surface area contributed by atoms with Crippen LogP contribution in [0.4, 0.5) is 0 Å². The zero-order chi connectivity index (χ0) is 8.53. The highest BCUT2D eigenvalue weighted by atomic mass is 14.8. The Bertz CT molecular complexity index is 154. The van der Waals surface area contributed by atoms with E-state index in [-0.39, 0.29) is 0 Å². The largest absolute Gasteiger partial charge is 0.390 e. The molecule has 0 heterocycles. The number of rotatable bonds is 5. The molecule has 0 aliphatic rings. The summed E-state index contributed by atoms with van der Waals surface area (Å²) >= 11 is 0. The summed E-state index contributed by atoms with van der Waals surface area (Å²) in [6, 6.07) is 0. The van der Waals surface area contributed by atoms with E-state index in [1.54, 1.807) is 0 Å². The Kier molecular flexibility index (Phi) is 6.50. The first-order valence-electron chi connectivity index (χ1n) is 3.95. The van der Waals surface area contributed by atoms with Gasteiger partial charge in [0, 0.05) is 6.54 Å². The quantitative estimate of drug-likeness (QED) is 0.362. The summed E-state index contributed by atoms with van der Waals surface area (Å²) in [5.41, 5.74) is 1.17. The van der Waals surface area contributed by atoms with Gasteiger partial charge < -0.3 is 5.32 Å². The highest BCUT2D eigenvalue weighted by Crippen LogP contribution is 1.88. The molecule has 0 unspecified atom stereocenters. The molecule has 0 aromatic heterocycles. The molecule has 1 N–H and O–H groups in total. The Morgan fingerprint density at radius 1 is 1.55 bits per heavy atom. The third kappa shape index (κ3) is 6.91. The molecule has 0 spiro atoms. The maximum atomic E-state index is 3.65. The minimum atomic E-state index is 0.996. The first kappa shape index (κ1) is 10.0. The molecule has 1 nitrogen and oxygen atoms in total. The Morgan fingerprint density at radius 3 is 2.82 bits per heavy atom. The maximum Gasteiger partial charge on any atom is 0.0176 e. The minimum Gasteiger partial charge on any atom is -0.390 e. The average Bonchev–Trinajstić information content (AvgIpc) is 2.04. The lowest BCUT2D eigenvalue weighted by Gasteiger charge is -1.97. The summed E-state index contributed by atoms with van der Waals surface area (Å²) in [6.45, 7) is 8.70. The third-order valence-electron chi connectivity index (χ3n) is 1.34. The van der Waals surface area contributed by atoms with Gasteiger partial charge in [-0.3, -0.25) is 0 Å². The molecule has 0 aromatic rings. The molecule has 0 bridgehead atoms. The SMILES string of the molecule is C=C/C(C)=C\NCC/C=C/C. The molecule has 11 heavy (non-hydrogen) atoms. The first-order valence-corrected chi connectivity index (χ1v) is 3.95. The van der Waals surface area contributed by atoms with Crippen LogP contribution in [0.1, 0.15) is 20.3 Å². The lowest BCUT2D eigenvalue weighted by Crippen LogP contribution is -2.06. The Balaban J connectivity index is 3.33. The van der Waals surface area contributed by atoms with Crippen LogP contribution < -0.4 is 5.32 Å². The molecule has 0 radical (unpaired) electrons. The lowest BCUT2D eigenvalue weighted by atomic mass is 10.3. The van der Waals surface area contributed by atoms with Crippen molar-refractivity contribution in [3.63, 3.8) is 0 Å². The highest BCUT2D eigenvalue weighted by molar-refractivity contribution is 5.11. The average molecular weight is 151 g/mol. The van der Waals surface area contributed by atoms with Crippen LogP contribution >= 0.6 is 0 Å². The molecule has 0 fully saturated rings. The van der Waals surface area contributed by atoms with Gasteiger partial charge in [0.05, 0.1) is 0 Å². The summed E-state index contributed by atoms with van der Waals surface area (Å²) in [4.78, 5) is 0. The van der Waals surface area contributed by atoms with Gasteiger partial charge in [-0.2, -0.15) is 0 Å². The molecule has 62 valence electrons. The van der Waals surface area contributed by atoms with Gasteiger partial charge in [0.15, 0.2) is 0 Å². The van der Waals surface area contributed by atoms with Crippen LogP contribution in [0.15, 0.2) is 36.6 Å². The van der Waals surface area contributed by atoms with Crippen LogP contribution in [0.3, 0.4) is 0 Å². The summed E-state index contributed by atoms with van der Waals surface area (Å²) < 4.78 is 0. The predicted octanol–water partition coefficient (Wildman–Crippen LogP) is 2.63. The molecule has 0 rings (SSSR count). The second-order valence-corrected chi connectivity index (χ2v) is 2.40. The Morgan fingerprint density at radius 2 is 2.27 bits per heavy atom. The molecule has 0 atom stereocenters. The molecule has 0 saturated heterocycles. The predicted molar refractivity (Wildman–Crippen MR) is 51.4 cm³/mol. The lowest BCUT2D eigenvalue weighted by molar-refractivity contribution is 0.846. The molecule has 0 aliphatic heterocycles. The zero-order valence-corrected chi connectivity index (χ0v) is 7.43. The fourth-order valence-electron chi connectivity index (χ4n) is 0.625. The van der Waals surface area contributed by atoms with Crippen LogP contribution in [0.2, 0.25) is 0 Å². The standard InChI is InChI=1S/C10H17N/c1-4-6-7-8-11-9-10(3)5-2/h4-6,9,11H,2,7-8H2,1,3H3/b6-4+,10-9-. The number of hydrogen-bond donors (Lipinski definition) is 1. The first-order chi connectivity index (χ1) is 5.31. The van der Waals surface area contributed by atoms with Gasteiger partial charge in [0.1, 0.15) is 0 Å². The fraction of sp³-hybridized carbons (Fsp3) is 0.400. The van der Waals surface area contributed by atoms with Crippen molar-refractivity contribution in [1.82, 2.24) is 5.32 Å². The van der Waals surface area contributed by atoms with Crippen molar-refractivity contribution < 1.29 is 0 Å². The Hall–Kier alpha value is -0.980. The summed E-state index contributed by atoms with van der Waals surface area (Å²) in [7, 11) is 0. The van der Waals surface area contributed by atoms with E-state index < -0.39 is 0 Å². The number of allylic oxidation sites excluding steroid dienone is 3. The second-order valence-electron chi connectivity index (χ2n) is 2.40. The topological polar surface area (TPSA) is 12.0 Å². The van der Waals surface area contributed by atoms with Crippen molar-refractivity contribution in [2.24, 2.45) is 0 Å². The molecule has 0 aliphatic carbocycles. The van der Waals surface area contributed by atoms with E-state index >= 15 is 0 Å². The van der Waals surface area contributed by atoms with Crippen LogP contribution in [0.5, 0.6) is 0 Å². The molecule has 0 saturated carbocycles. The number of nitrogens with one attached hydrogen (secondary N) is 1. The third-order valence-corrected chi connectivity index (χ3v) is 1.34. The van der Waals surface area contributed by atoms with Gasteiger partial charge >= 0.3 is 0 Å². The highest BCUT2D eigenvalue weighted by Gasteiger charge is 1.78. The van der Waals surface area contributed by atoms with Gasteiger partial charge in [-0.15, -0.1) is 0 Å². The molecular weight excluding hydrogens is 134 g/mol. The van der Waals surface area contributed by atoms with Crippen LogP contribution in [0.25, 0.3) is 0 Å². The van der Waals surface area contributed by atoms with E-state index in [4.69, 9.17) is 0 Å². The zero-order valence-electron chi connectivity index (χ0n) is 7.43. The fourth-order valence-corrected chi connectivity index (χ4v) is 0.625.